The molecule has 0 saturated heterocycles. The topological polar surface area (TPSA) is 67.4 Å². The number of hydrogen-bond donors (Lipinski definition) is 2. The zero-order valence-corrected chi connectivity index (χ0v) is 10.5. The molecule has 2 amide bonds. The number of imide groups is 1. The maximum atomic E-state index is 11.4. The Morgan fingerprint density at radius 1 is 1.18 bits per heavy atom. The van der Waals surface area contributed by atoms with E-state index in [2.05, 4.69) is 26.6 Å². The zero-order chi connectivity index (χ0) is 12.4. The first kappa shape index (κ1) is 11.7. The minimum atomic E-state index is -0.447. The first-order valence-electron chi connectivity index (χ1n) is 4.78. The monoisotopic (exact) mass is 296 g/mol. The summed E-state index contributed by atoms with van der Waals surface area (Å²) in [5.74, 6) is -0.167. The molecule has 6 heteroatoms. The number of rotatable bonds is 3. The van der Waals surface area contributed by atoms with Gasteiger partial charge in [0.2, 0.25) is 0 Å². The smallest absolute Gasteiger partial charge is 0.275 e. The van der Waals surface area contributed by atoms with Crippen molar-refractivity contribution in [3.63, 3.8) is 0 Å². The van der Waals surface area contributed by atoms with Crippen LogP contribution in [0.1, 0.15) is 0 Å². The molecule has 2 rings (SSSR count). The van der Waals surface area contributed by atoms with E-state index in [1.54, 1.807) is 31.4 Å². The van der Waals surface area contributed by atoms with Crippen LogP contribution >= 0.6 is 15.9 Å². The Bertz CT molecular complexity index is 508. The molecule has 0 radical (unpaired) electrons. The maximum absolute atomic E-state index is 11.4. The molecule has 5 nitrogen and oxygen atoms in total. The van der Waals surface area contributed by atoms with Crippen LogP contribution in [0, 0.1) is 0 Å². The van der Waals surface area contributed by atoms with E-state index in [9.17, 15) is 9.59 Å². The fourth-order valence-electron chi connectivity index (χ4n) is 1.36. The molecule has 1 heterocycles. The Labute approximate surface area is 106 Å². The van der Waals surface area contributed by atoms with Crippen molar-refractivity contribution in [1.82, 2.24) is 5.32 Å². The highest BCUT2D eigenvalue weighted by Crippen LogP contribution is 2.22. The Morgan fingerprint density at radius 2 is 1.82 bits per heavy atom. The van der Waals surface area contributed by atoms with Crippen molar-refractivity contribution >= 4 is 33.4 Å². The molecule has 17 heavy (non-hydrogen) atoms. The van der Waals surface area contributed by atoms with E-state index in [1.165, 1.54) is 0 Å². The van der Waals surface area contributed by atoms with Gasteiger partial charge in [-0.2, -0.15) is 0 Å². The molecular weight excluding hydrogens is 288 g/mol. The van der Waals surface area contributed by atoms with Crippen molar-refractivity contribution in [2.24, 2.45) is 0 Å². The van der Waals surface area contributed by atoms with Crippen LogP contribution in [-0.2, 0) is 9.59 Å². The summed E-state index contributed by atoms with van der Waals surface area (Å²) in [5, 5.41) is 5.04. The molecule has 1 aliphatic heterocycles. The summed E-state index contributed by atoms with van der Waals surface area (Å²) in [6, 6.07) is 7.02. The summed E-state index contributed by atoms with van der Waals surface area (Å²) >= 11 is 3.06. The molecule has 0 spiro atoms. The minimum absolute atomic E-state index is 0.207. The number of anilines is 1. The molecule has 0 atom stereocenters. The van der Waals surface area contributed by atoms with Gasteiger partial charge < -0.3 is 10.1 Å². The van der Waals surface area contributed by atoms with Gasteiger partial charge in [0.1, 0.15) is 15.9 Å². The SMILES string of the molecule is COc1ccc(NC2=C(Br)C(=O)NC2=O)cc1. The number of amides is 2. The van der Waals surface area contributed by atoms with Crippen molar-refractivity contribution in [1.29, 1.82) is 0 Å². The average molecular weight is 297 g/mol. The van der Waals surface area contributed by atoms with Gasteiger partial charge in [0.05, 0.1) is 7.11 Å². The molecule has 0 aromatic heterocycles. The first-order chi connectivity index (χ1) is 8.11. The molecule has 2 N–H and O–H groups in total. The van der Waals surface area contributed by atoms with Gasteiger partial charge in [0.15, 0.2) is 0 Å². The van der Waals surface area contributed by atoms with Crippen LogP contribution < -0.4 is 15.4 Å². The molecule has 0 fully saturated rings. The van der Waals surface area contributed by atoms with Gasteiger partial charge in [-0.3, -0.25) is 14.9 Å². The van der Waals surface area contributed by atoms with E-state index in [0.29, 0.717) is 5.69 Å². The van der Waals surface area contributed by atoms with Crippen LogP contribution in [0.25, 0.3) is 0 Å². The van der Waals surface area contributed by atoms with Gasteiger partial charge in [-0.1, -0.05) is 0 Å². The lowest BCUT2D eigenvalue weighted by molar-refractivity contribution is -0.123. The van der Waals surface area contributed by atoms with Crippen LogP contribution in [0.3, 0.4) is 0 Å². The van der Waals surface area contributed by atoms with Crippen molar-refractivity contribution in [3.05, 3.63) is 34.4 Å². The number of nitrogens with one attached hydrogen (secondary N) is 2. The van der Waals surface area contributed by atoms with Gasteiger partial charge in [0, 0.05) is 5.69 Å². The normalized spacial score (nSPS) is 14.9. The van der Waals surface area contributed by atoms with Crippen molar-refractivity contribution < 1.29 is 14.3 Å². The Kier molecular flexibility index (Phi) is 3.14. The molecule has 88 valence electrons. The Hall–Kier alpha value is -1.82. The summed E-state index contributed by atoms with van der Waals surface area (Å²) in [7, 11) is 1.57. The molecule has 0 saturated carbocycles. The lowest BCUT2D eigenvalue weighted by Gasteiger charge is -2.06. The summed E-state index contributed by atoms with van der Waals surface area (Å²) in [6.45, 7) is 0. The van der Waals surface area contributed by atoms with Crippen molar-refractivity contribution in [2.75, 3.05) is 12.4 Å². The molecule has 0 aliphatic carbocycles. The van der Waals surface area contributed by atoms with E-state index in [0.717, 1.165) is 5.75 Å². The second-order valence-electron chi connectivity index (χ2n) is 3.33. The highest BCUT2D eigenvalue weighted by atomic mass is 79.9. The van der Waals surface area contributed by atoms with Crippen LogP contribution in [0.4, 0.5) is 5.69 Å². The summed E-state index contributed by atoms with van der Waals surface area (Å²) in [5.41, 5.74) is 0.905. The third-order valence-electron chi connectivity index (χ3n) is 2.23. The van der Waals surface area contributed by atoms with Crippen LogP contribution in [0.15, 0.2) is 34.4 Å². The van der Waals surface area contributed by atoms with E-state index in [4.69, 9.17) is 4.74 Å². The number of halogens is 1. The van der Waals surface area contributed by atoms with E-state index in [1.807, 2.05) is 0 Å². The van der Waals surface area contributed by atoms with Crippen LogP contribution in [0.2, 0.25) is 0 Å². The average Bonchev–Trinajstić information content (AvgIpc) is 2.57. The Morgan fingerprint density at radius 3 is 2.29 bits per heavy atom. The van der Waals surface area contributed by atoms with E-state index < -0.39 is 11.8 Å². The summed E-state index contributed by atoms with van der Waals surface area (Å²) in [6.07, 6.45) is 0. The molecule has 0 unspecified atom stereocenters. The molecule has 1 aromatic rings. The number of benzene rings is 1. The second kappa shape index (κ2) is 4.58. The molecule has 0 bridgehead atoms. The van der Waals surface area contributed by atoms with Crippen LogP contribution in [-0.4, -0.2) is 18.9 Å². The van der Waals surface area contributed by atoms with Gasteiger partial charge in [-0.25, -0.2) is 0 Å². The third kappa shape index (κ3) is 2.31. The van der Waals surface area contributed by atoms with Gasteiger partial charge in [-0.15, -0.1) is 0 Å². The Balaban J connectivity index is 2.21. The number of methoxy groups -OCH3 is 1. The first-order valence-corrected chi connectivity index (χ1v) is 5.57. The molecule has 1 aromatic carbocycles. The highest BCUT2D eigenvalue weighted by Gasteiger charge is 2.28. The van der Waals surface area contributed by atoms with E-state index in [-0.39, 0.29) is 10.2 Å². The minimum Gasteiger partial charge on any atom is -0.497 e. The number of carbonyl (C=O) groups excluding carboxylic acids is 2. The standard InChI is InChI=1S/C11H9BrN2O3/c1-17-7-4-2-6(3-5-7)13-9-8(12)10(15)14-11(9)16/h2-5H,1H3,(H2,13,14,15,16). The fourth-order valence-corrected chi connectivity index (χ4v) is 1.74. The number of carbonyl (C=O) groups is 2. The largest absolute Gasteiger partial charge is 0.497 e. The number of ether oxygens (including phenoxy) is 1. The quantitative estimate of drug-likeness (QED) is 0.827. The predicted molar refractivity (Wildman–Crippen MR) is 65.7 cm³/mol. The lowest BCUT2D eigenvalue weighted by atomic mass is 10.3. The van der Waals surface area contributed by atoms with Crippen molar-refractivity contribution in [3.8, 4) is 5.75 Å². The highest BCUT2D eigenvalue weighted by molar-refractivity contribution is 9.12. The van der Waals surface area contributed by atoms with Gasteiger partial charge >= 0.3 is 0 Å². The molecular formula is C11H9BrN2O3. The van der Waals surface area contributed by atoms with E-state index >= 15 is 0 Å². The van der Waals surface area contributed by atoms with Gasteiger partial charge in [0.25, 0.3) is 11.8 Å². The van der Waals surface area contributed by atoms with Crippen LogP contribution in [0.5, 0.6) is 5.75 Å². The second-order valence-corrected chi connectivity index (χ2v) is 4.12. The predicted octanol–water partition coefficient (Wildman–Crippen LogP) is 1.37. The maximum Gasteiger partial charge on any atom is 0.275 e. The van der Waals surface area contributed by atoms with Crippen molar-refractivity contribution in [2.45, 2.75) is 0 Å². The zero-order valence-electron chi connectivity index (χ0n) is 8.91. The fraction of sp³-hybridized carbons (Fsp3) is 0.0909. The lowest BCUT2D eigenvalue weighted by Crippen LogP contribution is -2.24. The number of hydrogen-bond acceptors (Lipinski definition) is 4. The summed E-state index contributed by atoms with van der Waals surface area (Å²) in [4.78, 5) is 22.6. The summed E-state index contributed by atoms with van der Waals surface area (Å²) < 4.78 is 5.22. The molecule has 1 aliphatic rings. The van der Waals surface area contributed by atoms with Gasteiger partial charge in [-0.05, 0) is 40.2 Å². The third-order valence-corrected chi connectivity index (χ3v) is 2.99.